The van der Waals surface area contributed by atoms with E-state index in [1.807, 2.05) is 0 Å². The van der Waals surface area contributed by atoms with Crippen molar-refractivity contribution in [2.45, 2.75) is 4.90 Å². The Bertz CT molecular complexity index is 966. The summed E-state index contributed by atoms with van der Waals surface area (Å²) in [4.78, 5) is 15.6. The average Bonchev–Trinajstić information content (AvgIpc) is 2.56. The van der Waals surface area contributed by atoms with Gasteiger partial charge in [0.05, 0.1) is 10.6 Å². The largest absolute Gasteiger partial charge is 0.358 e. The zero-order chi connectivity index (χ0) is 18.4. The molecule has 1 amide bonds. The number of nitrogens with zero attached hydrogens (tertiary/aromatic N) is 2. The van der Waals surface area contributed by atoms with E-state index in [1.165, 1.54) is 24.5 Å². The lowest BCUT2D eigenvalue weighted by Crippen LogP contribution is -2.14. The first-order valence-electron chi connectivity index (χ1n) is 6.67. The van der Waals surface area contributed by atoms with E-state index in [4.69, 9.17) is 21.4 Å². The number of hydrogen-bond donors (Lipinski definition) is 3. The molecule has 2 rings (SSSR count). The fourth-order valence-corrected chi connectivity index (χ4v) is 2.35. The van der Waals surface area contributed by atoms with Gasteiger partial charge in [0.25, 0.3) is 16.0 Å². The minimum absolute atomic E-state index is 0.178. The van der Waals surface area contributed by atoms with Crippen molar-refractivity contribution in [3.05, 3.63) is 59.5 Å². The number of hydrogen-bond acceptors (Lipinski definition) is 6. The van der Waals surface area contributed by atoms with E-state index in [2.05, 4.69) is 15.6 Å². The Morgan fingerprint density at radius 1 is 1.28 bits per heavy atom. The van der Waals surface area contributed by atoms with Gasteiger partial charge in [-0.2, -0.15) is 13.7 Å². The summed E-state index contributed by atoms with van der Waals surface area (Å²) >= 11 is 5.86. The van der Waals surface area contributed by atoms with Crippen LogP contribution in [0.5, 0.6) is 0 Å². The summed E-state index contributed by atoms with van der Waals surface area (Å²) in [6.07, 6.45) is 2.66. The van der Waals surface area contributed by atoms with E-state index in [0.717, 1.165) is 12.1 Å². The van der Waals surface area contributed by atoms with Gasteiger partial charge in [-0.3, -0.25) is 9.35 Å². The van der Waals surface area contributed by atoms with Gasteiger partial charge < -0.3 is 10.6 Å². The Morgan fingerprint density at radius 2 is 1.96 bits per heavy atom. The molecule has 0 spiro atoms. The van der Waals surface area contributed by atoms with E-state index in [-0.39, 0.29) is 21.3 Å². The van der Waals surface area contributed by atoms with Crippen molar-refractivity contribution in [2.75, 3.05) is 10.6 Å². The maximum atomic E-state index is 12.1. The molecule has 0 saturated carbocycles. The quantitative estimate of drug-likeness (QED) is 0.315. The van der Waals surface area contributed by atoms with Crippen LogP contribution in [0, 0.1) is 11.3 Å². The normalized spacial score (nSPS) is 11.5. The van der Waals surface area contributed by atoms with Crippen LogP contribution in [-0.2, 0) is 14.9 Å². The Balaban J connectivity index is 2.11. The van der Waals surface area contributed by atoms with Gasteiger partial charge in [0.1, 0.15) is 11.6 Å². The summed E-state index contributed by atoms with van der Waals surface area (Å²) in [5.74, 6) is -0.713. The van der Waals surface area contributed by atoms with Crippen LogP contribution in [0.1, 0.15) is 0 Å². The third kappa shape index (κ3) is 5.02. The van der Waals surface area contributed by atoms with Crippen molar-refractivity contribution in [1.82, 2.24) is 4.98 Å². The summed E-state index contributed by atoms with van der Waals surface area (Å²) in [5, 5.41) is 14.4. The molecule has 8 nitrogen and oxygen atoms in total. The third-order valence-corrected chi connectivity index (χ3v) is 4.08. The maximum absolute atomic E-state index is 12.1. The second-order valence-electron chi connectivity index (χ2n) is 4.61. The summed E-state index contributed by atoms with van der Waals surface area (Å²) < 4.78 is 30.8. The third-order valence-electron chi connectivity index (χ3n) is 2.91. The van der Waals surface area contributed by atoms with Gasteiger partial charge >= 0.3 is 0 Å². The molecule has 0 atom stereocenters. The van der Waals surface area contributed by atoms with Crippen LogP contribution in [0.25, 0.3) is 0 Å². The standard InChI is InChI=1S/C15H11ClN4O4S/c16-14-13(2-1-7-18-14)19-9-10(8-17)15(21)20-11-3-5-12(6-4-11)25(22,23)24/h1-7,9,19H,(H,20,21)(H,22,23,24)/b10-9-. The number of carbonyl (C=O) groups excluding carboxylic acids is 1. The summed E-state index contributed by atoms with van der Waals surface area (Å²) in [5.41, 5.74) is 0.430. The zero-order valence-electron chi connectivity index (χ0n) is 12.5. The number of carbonyl (C=O) groups is 1. The molecule has 0 fully saturated rings. The lowest BCUT2D eigenvalue weighted by molar-refractivity contribution is -0.112. The smallest absolute Gasteiger partial charge is 0.294 e. The number of benzene rings is 1. The summed E-state index contributed by atoms with van der Waals surface area (Å²) in [6, 6.07) is 9.78. The molecule has 0 aliphatic carbocycles. The molecule has 25 heavy (non-hydrogen) atoms. The van der Waals surface area contributed by atoms with Crippen LogP contribution < -0.4 is 10.6 Å². The van der Waals surface area contributed by atoms with Crippen LogP contribution in [0.2, 0.25) is 5.15 Å². The Labute approximate surface area is 148 Å². The topological polar surface area (TPSA) is 132 Å². The van der Waals surface area contributed by atoms with Gasteiger partial charge in [0.2, 0.25) is 0 Å². The molecular formula is C15H11ClN4O4S. The number of anilines is 2. The number of aromatic nitrogens is 1. The van der Waals surface area contributed by atoms with E-state index in [0.29, 0.717) is 5.69 Å². The molecule has 0 aliphatic heterocycles. The van der Waals surface area contributed by atoms with E-state index in [9.17, 15) is 13.2 Å². The lowest BCUT2D eigenvalue weighted by atomic mass is 10.2. The highest BCUT2D eigenvalue weighted by atomic mass is 35.5. The van der Waals surface area contributed by atoms with Crippen molar-refractivity contribution >= 4 is 39.0 Å². The highest BCUT2D eigenvalue weighted by Crippen LogP contribution is 2.18. The zero-order valence-corrected chi connectivity index (χ0v) is 14.0. The van der Waals surface area contributed by atoms with Gasteiger partial charge in [0, 0.05) is 18.1 Å². The van der Waals surface area contributed by atoms with Gasteiger partial charge in [0.15, 0.2) is 5.15 Å². The number of pyridine rings is 1. The fraction of sp³-hybridized carbons (Fsp3) is 0. The fourth-order valence-electron chi connectivity index (χ4n) is 1.70. The summed E-state index contributed by atoms with van der Waals surface area (Å²) in [6.45, 7) is 0. The van der Waals surface area contributed by atoms with Crippen LogP contribution in [0.4, 0.5) is 11.4 Å². The van der Waals surface area contributed by atoms with Gasteiger partial charge in [-0.25, -0.2) is 4.98 Å². The van der Waals surface area contributed by atoms with E-state index in [1.54, 1.807) is 18.2 Å². The molecule has 0 saturated heterocycles. The van der Waals surface area contributed by atoms with E-state index < -0.39 is 16.0 Å². The minimum Gasteiger partial charge on any atom is -0.358 e. The van der Waals surface area contributed by atoms with Crippen molar-refractivity contribution in [3.63, 3.8) is 0 Å². The molecule has 1 heterocycles. The first-order valence-corrected chi connectivity index (χ1v) is 8.49. The number of nitrogens with one attached hydrogen (secondary N) is 2. The predicted octanol–water partition coefficient (Wildman–Crippen LogP) is 2.44. The van der Waals surface area contributed by atoms with Crippen LogP contribution in [0.15, 0.2) is 59.3 Å². The minimum atomic E-state index is -4.32. The van der Waals surface area contributed by atoms with Gasteiger partial charge in [-0.1, -0.05) is 11.6 Å². The summed E-state index contributed by atoms with van der Waals surface area (Å²) in [7, 11) is -4.32. The monoisotopic (exact) mass is 378 g/mol. The van der Waals surface area contributed by atoms with Crippen molar-refractivity contribution in [1.29, 1.82) is 5.26 Å². The molecule has 10 heteroatoms. The number of halogens is 1. The Morgan fingerprint density at radius 3 is 2.52 bits per heavy atom. The predicted molar refractivity (Wildman–Crippen MR) is 91.5 cm³/mol. The number of nitriles is 1. The van der Waals surface area contributed by atoms with Crippen LogP contribution in [0.3, 0.4) is 0 Å². The molecule has 3 N–H and O–H groups in total. The molecule has 0 aliphatic rings. The SMILES string of the molecule is N#C/C(=C/Nc1cccnc1Cl)C(=O)Nc1ccc(S(=O)(=O)O)cc1. The van der Waals surface area contributed by atoms with Gasteiger partial charge in [-0.15, -0.1) is 0 Å². The van der Waals surface area contributed by atoms with Crippen LogP contribution >= 0.6 is 11.6 Å². The lowest BCUT2D eigenvalue weighted by Gasteiger charge is -2.06. The number of amides is 1. The number of rotatable bonds is 5. The highest BCUT2D eigenvalue weighted by Gasteiger charge is 2.12. The first kappa shape index (κ1) is 18.4. The van der Waals surface area contributed by atoms with Crippen molar-refractivity contribution < 1.29 is 17.8 Å². The Kier molecular flexibility index (Phi) is 5.71. The second-order valence-corrected chi connectivity index (χ2v) is 6.39. The maximum Gasteiger partial charge on any atom is 0.294 e. The molecule has 2 aromatic rings. The first-order chi connectivity index (χ1) is 11.8. The second kappa shape index (κ2) is 7.76. The molecule has 0 bridgehead atoms. The molecular weight excluding hydrogens is 368 g/mol. The molecule has 128 valence electrons. The van der Waals surface area contributed by atoms with E-state index >= 15 is 0 Å². The average molecular weight is 379 g/mol. The molecule has 0 radical (unpaired) electrons. The van der Waals surface area contributed by atoms with Crippen LogP contribution in [-0.4, -0.2) is 23.9 Å². The highest BCUT2D eigenvalue weighted by molar-refractivity contribution is 7.85. The Hall–Kier alpha value is -2.93. The molecule has 0 unspecified atom stereocenters. The van der Waals surface area contributed by atoms with Crippen molar-refractivity contribution in [3.8, 4) is 6.07 Å². The van der Waals surface area contributed by atoms with Gasteiger partial charge in [-0.05, 0) is 36.4 Å². The molecule has 1 aromatic carbocycles. The van der Waals surface area contributed by atoms with Crippen molar-refractivity contribution in [2.24, 2.45) is 0 Å². The molecule has 1 aromatic heterocycles.